The molecule has 1 heterocycles. The van der Waals surface area contributed by atoms with Crippen LogP contribution in [0.5, 0.6) is 5.75 Å². The van der Waals surface area contributed by atoms with E-state index in [0.29, 0.717) is 5.56 Å². The zero-order valence-corrected chi connectivity index (χ0v) is 26.8. The van der Waals surface area contributed by atoms with E-state index >= 15 is 0 Å². The average molecular weight is 597 g/mol. The van der Waals surface area contributed by atoms with Crippen molar-refractivity contribution in [3.63, 3.8) is 0 Å². The quantitative estimate of drug-likeness (QED) is 0.0917. The lowest BCUT2D eigenvalue weighted by Gasteiger charge is -2.36. The number of unbranched alkanes of at least 4 members (excludes halogenated alkanes) is 10. The molecule has 1 fully saturated rings. The van der Waals surface area contributed by atoms with Crippen molar-refractivity contribution in [2.24, 2.45) is 0 Å². The van der Waals surface area contributed by atoms with Gasteiger partial charge in [-0.15, -0.1) is 0 Å². The van der Waals surface area contributed by atoms with Crippen LogP contribution in [0.4, 0.5) is 10.1 Å². The third kappa shape index (κ3) is 12.3. The van der Waals surface area contributed by atoms with Gasteiger partial charge in [0.05, 0.1) is 17.2 Å². The second-order valence-electron chi connectivity index (χ2n) is 11.9. The Kier molecular flexibility index (Phi) is 15.6. The molecule has 0 aromatic heterocycles. The van der Waals surface area contributed by atoms with Crippen LogP contribution in [-0.2, 0) is 4.74 Å². The minimum Gasteiger partial charge on any atom is -0.459 e. The Balaban J connectivity index is 1.40. The van der Waals surface area contributed by atoms with E-state index in [1.54, 1.807) is 18.2 Å². The van der Waals surface area contributed by atoms with E-state index in [2.05, 4.69) is 23.6 Å². The molecule has 238 valence electrons. The van der Waals surface area contributed by atoms with Crippen LogP contribution < -0.4 is 9.64 Å². The van der Waals surface area contributed by atoms with E-state index in [1.165, 1.54) is 88.5 Å². The predicted molar refractivity (Wildman–Crippen MR) is 173 cm³/mol. The summed E-state index contributed by atoms with van der Waals surface area (Å²) in [7, 11) is 0. The molecule has 3 rings (SSSR count). The Hall–Kier alpha value is -2.93. The first-order chi connectivity index (χ1) is 20.9. The fraction of sp³-hybridized carbons (Fsp3) is 0.611. The van der Waals surface area contributed by atoms with Crippen molar-refractivity contribution in [1.82, 2.24) is 4.90 Å². The molecule has 6 nitrogen and oxygen atoms in total. The number of carbonyl (C=O) groups is 2. The molecule has 1 aliphatic heterocycles. The predicted octanol–water partition coefficient (Wildman–Crippen LogP) is 8.82. The number of rotatable bonds is 19. The second-order valence-corrected chi connectivity index (χ2v) is 11.9. The van der Waals surface area contributed by atoms with Gasteiger partial charge in [-0.05, 0) is 75.2 Å². The minimum atomic E-state index is -0.768. The maximum Gasteiger partial charge on any atom is 0.346 e. The van der Waals surface area contributed by atoms with E-state index in [0.717, 1.165) is 57.7 Å². The van der Waals surface area contributed by atoms with Crippen LogP contribution in [0.25, 0.3) is 0 Å². The average Bonchev–Trinajstić information content (AvgIpc) is 3.01. The summed E-state index contributed by atoms with van der Waals surface area (Å²) in [6.45, 7) is 11.0. The fourth-order valence-corrected chi connectivity index (χ4v) is 5.55. The van der Waals surface area contributed by atoms with Crippen molar-refractivity contribution in [2.45, 2.75) is 110 Å². The summed E-state index contributed by atoms with van der Waals surface area (Å²) in [6.07, 6.45) is 15.8. The number of carbonyl (C=O) groups excluding carboxylic acids is 2. The van der Waals surface area contributed by atoms with Gasteiger partial charge in [-0.1, -0.05) is 78.1 Å². The number of ether oxygens (including phenoxy) is 2. The molecule has 0 radical (unpaired) electrons. The van der Waals surface area contributed by atoms with E-state index in [9.17, 15) is 14.0 Å². The highest BCUT2D eigenvalue weighted by Crippen LogP contribution is 2.23. The van der Waals surface area contributed by atoms with Gasteiger partial charge in [0.2, 0.25) is 0 Å². The number of benzene rings is 2. The summed E-state index contributed by atoms with van der Waals surface area (Å²) in [5, 5.41) is 0. The second kappa shape index (κ2) is 19.4. The van der Waals surface area contributed by atoms with Gasteiger partial charge in [-0.3, -0.25) is 4.90 Å². The maximum atomic E-state index is 15.0. The van der Waals surface area contributed by atoms with Gasteiger partial charge in [0.1, 0.15) is 11.6 Å². The van der Waals surface area contributed by atoms with E-state index in [4.69, 9.17) is 9.47 Å². The van der Waals surface area contributed by atoms with Gasteiger partial charge in [0.25, 0.3) is 0 Å². The molecule has 0 saturated carbocycles. The smallest absolute Gasteiger partial charge is 0.346 e. The van der Waals surface area contributed by atoms with Crippen LogP contribution in [0.2, 0.25) is 0 Å². The number of halogens is 1. The summed E-state index contributed by atoms with van der Waals surface area (Å²) >= 11 is 0. The molecule has 1 saturated heterocycles. The van der Waals surface area contributed by atoms with Crippen molar-refractivity contribution in [2.75, 3.05) is 37.6 Å². The number of hydrogen-bond donors (Lipinski definition) is 0. The molecule has 0 amide bonds. The third-order valence-electron chi connectivity index (χ3n) is 8.31. The van der Waals surface area contributed by atoms with E-state index in [1.807, 2.05) is 6.92 Å². The zero-order valence-electron chi connectivity index (χ0n) is 26.8. The molecule has 2 aromatic carbocycles. The monoisotopic (exact) mass is 596 g/mol. The van der Waals surface area contributed by atoms with Crippen LogP contribution in [-0.4, -0.2) is 55.7 Å². The third-order valence-corrected chi connectivity index (χ3v) is 8.31. The minimum absolute atomic E-state index is 0.113. The Labute approximate surface area is 258 Å². The number of hydrogen-bond acceptors (Lipinski definition) is 6. The van der Waals surface area contributed by atoms with Gasteiger partial charge >= 0.3 is 11.9 Å². The zero-order chi connectivity index (χ0) is 30.9. The number of anilines is 1. The largest absolute Gasteiger partial charge is 0.459 e. The Morgan fingerprint density at radius 1 is 0.767 bits per heavy atom. The lowest BCUT2D eigenvalue weighted by atomic mass is 10.1. The molecule has 0 bridgehead atoms. The molecule has 0 spiro atoms. The Morgan fingerprint density at radius 2 is 1.37 bits per heavy atom. The van der Waals surface area contributed by atoms with Gasteiger partial charge in [-0.2, -0.15) is 0 Å². The van der Waals surface area contributed by atoms with Gasteiger partial charge in [-0.25, -0.2) is 14.0 Å². The van der Waals surface area contributed by atoms with E-state index < -0.39 is 17.8 Å². The molecule has 0 N–H and O–H groups in total. The van der Waals surface area contributed by atoms with Gasteiger partial charge in [0.15, 0.2) is 0 Å². The summed E-state index contributed by atoms with van der Waals surface area (Å²) in [5.41, 5.74) is 1.05. The van der Waals surface area contributed by atoms with Crippen molar-refractivity contribution >= 4 is 17.6 Å². The van der Waals surface area contributed by atoms with Crippen LogP contribution in [0.1, 0.15) is 125 Å². The molecule has 0 aliphatic carbocycles. The number of esters is 2. The standard InChI is InChI=1S/C36H53FN2O4/c1-4-6-8-10-11-12-13-15-23-38-24-26-39(27-25-38)31-19-22-33(34(37)28-31)36(41)43-32-20-17-30(18-21-32)35(40)42-29(3)16-14-9-7-5-2/h17-22,28-29H,4-16,23-27H2,1-3H3/t29-/m1/s1. The fourth-order valence-electron chi connectivity index (χ4n) is 5.55. The van der Waals surface area contributed by atoms with Crippen molar-refractivity contribution in [3.8, 4) is 5.75 Å². The molecule has 43 heavy (non-hydrogen) atoms. The lowest BCUT2D eigenvalue weighted by molar-refractivity contribution is 0.0319. The summed E-state index contributed by atoms with van der Waals surface area (Å²) < 4.78 is 25.9. The maximum absolute atomic E-state index is 15.0. The first-order valence-corrected chi connectivity index (χ1v) is 16.7. The summed E-state index contributed by atoms with van der Waals surface area (Å²) in [6, 6.07) is 10.9. The number of nitrogens with zero attached hydrogens (tertiary/aromatic N) is 2. The molecule has 0 unspecified atom stereocenters. The highest BCUT2D eigenvalue weighted by Gasteiger charge is 2.20. The van der Waals surface area contributed by atoms with Crippen LogP contribution in [0, 0.1) is 5.82 Å². The summed E-state index contributed by atoms with van der Waals surface area (Å²) in [5.74, 6) is -1.53. The van der Waals surface area contributed by atoms with Gasteiger partial charge in [0, 0.05) is 31.9 Å². The number of piperazine rings is 1. The van der Waals surface area contributed by atoms with Crippen LogP contribution >= 0.6 is 0 Å². The normalized spacial score (nSPS) is 14.5. The summed E-state index contributed by atoms with van der Waals surface area (Å²) in [4.78, 5) is 29.8. The molecule has 7 heteroatoms. The SMILES string of the molecule is CCCCCCCCCCN1CCN(c2ccc(C(=O)Oc3ccc(C(=O)O[C@H](C)CCCCCC)cc3)c(F)c2)CC1. The Morgan fingerprint density at radius 3 is 2.00 bits per heavy atom. The van der Waals surface area contributed by atoms with Crippen molar-refractivity contribution < 1.29 is 23.5 Å². The first-order valence-electron chi connectivity index (χ1n) is 16.7. The van der Waals surface area contributed by atoms with Crippen LogP contribution in [0.3, 0.4) is 0 Å². The molecule has 2 aromatic rings. The highest BCUT2D eigenvalue weighted by atomic mass is 19.1. The highest BCUT2D eigenvalue weighted by molar-refractivity contribution is 5.92. The molecule has 1 atom stereocenters. The molecular weight excluding hydrogens is 543 g/mol. The Bertz CT molecular complexity index is 1100. The van der Waals surface area contributed by atoms with Crippen molar-refractivity contribution in [1.29, 1.82) is 0 Å². The van der Waals surface area contributed by atoms with E-state index in [-0.39, 0.29) is 17.4 Å². The van der Waals surface area contributed by atoms with Crippen LogP contribution in [0.15, 0.2) is 42.5 Å². The molecular formula is C36H53FN2O4. The van der Waals surface area contributed by atoms with Crippen molar-refractivity contribution in [3.05, 3.63) is 59.4 Å². The first kappa shape index (κ1) is 34.6. The lowest BCUT2D eigenvalue weighted by Crippen LogP contribution is -2.46. The topological polar surface area (TPSA) is 59.1 Å². The molecule has 1 aliphatic rings. The van der Waals surface area contributed by atoms with Gasteiger partial charge < -0.3 is 14.4 Å².